The van der Waals surface area contributed by atoms with E-state index in [0.717, 1.165) is 7.05 Å². The SMILES string of the molecule is CC(C)[C@@H](NC(=O)N(C)CC(F)(F)F)C(=O)O. The lowest BCUT2D eigenvalue weighted by Crippen LogP contribution is -2.50. The topological polar surface area (TPSA) is 69.6 Å². The summed E-state index contributed by atoms with van der Waals surface area (Å²) < 4.78 is 35.9. The van der Waals surface area contributed by atoms with Crippen LogP contribution in [0.15, 0.2) is 0 Å². The molecule has 0 saturated carbocycles. The highest BCUT2D eigenvalue weighted by molar-refractivity contribution is 5.82. The van der Waals surface area contributed by atoms with E-state index in [1.807, 2.05) is 5.32 Å². The number of rotatable bonds is 4. The van der Waals surface area contributed by atoms with Gasteiger partial charge >= 0.3 is 18.2 Å². The number of nitrogens with zero attached hydrogens (tertiary/aromatic N) is 1. The van der Waals surface area contributed by atoms with Crippen LogP contribution in [0.3, 0.4) is 0 Å². The number of nitrogens with one attached hydrogen (secondary N) is 1. The number of carbonyl (C=O) groups excluding carboxylic acids is 1. The highest BCUT2D eigenvalue weighted by atomic mass is 19.4. The summed E-state index contributed by atoms with van der Waals surface area (Å²) in [5, 5.41) is 10.8. The molecule has 0 aromatic carbocycles. The third-order valence-corrected chi connectivity index (χ3v) is 1.97. The van der Waals surface area contributed by atoms with Crippen molar-refractivity contribution in [1.82, 2.24) is 10.2 Å². The van der Waals surface area contributed by atoms with E-state index in [2.05, 4.69) is 0 Å². The molecule has 100 valence electrons. The predicted molar refractivity (Wildman–Crippen MR) is 53.5 cm³/mol. The fraction of sp³-hybridized carbons (Fsp3) is 0.778. The van der Waals surface area contributed by atoms with E-state index in [1.165, 1.54) is 0 Å². The molecule has 0 heterocycles. The summed E-state index contributed by atoms with van der Waals surface area (Å²) in [7, 11) is 0.946. The Morgan fingerprint density at radius 1 is 1.35 bits per heavy atom. The maximum absolute atomic E-state index is 12.0. The highest BCUT2D eigenvalue weighted by Crippen LogP contribution is 2.15. The monoisotopic (exact) mass is 256 g/mol. The van der Waals surface area contributed by atoms with Gasteiger partial charge in [-0.25, -0.2) is 9.59 Å². The summed E-state index contributed by atoms with van der Waals surface area (Å²) in [6.45, 7) is 1.66. The van der Waals surface area contributed by atoms with Crippen molar-refractivity contribution >= 4 is 12.0 Å². The van der Waals surface area contributed by atoms with Gasteiger partial charge < -0.3 is 15.3 Å². The number of carboxylic acids is 1. The number of carbonyl (C=O) groups is 2. The Morgan fingerprint density at radius 3 is 2.12 bits per heavy atom. The highest BCUT2D eigenvalue weighted by Gasteiger charge is 2.32. The fourth-order valence-electron chi connectivity index (χ4n) is 1.10. The zero-order valence-corrected chi connectivity index (χ0v) is 9.71. The van der Waals surface area contributed by atoms with Gasteiger partial charge in [-0.05, 0) is 5.92 Å². The van der Waals surface area contributed by atoms with Gasteiger partial charge in [-0.15, -0.1) is 0 Å². The van der Waals surface area contributed by atoms with Gasteiger partial charge in [0.05, 0.1) is 0 Å². The van der Waals surface area contributed by atoms with Crippen LogP contribution >= 0.6 is 0 Å². The van der Waals surface area contributed by atoms with Gasteiger partial charge in [-0.1, -0.05) is 13.8 Å². The van der Waals surface area contributed by atoms with E-state index in [4.69, 9.17) is 5.11 Å². The largest absolute Gasteiger partial charge is 0.480 e. The molecule has 0 bridgehead atoms. The average molecular weight is 256 g/mol. The van der Waals surface area contributed by atoms with E-state index in [0.29, 0.717) is 4.90 Å². The molecule has 0 aliphatic heterocycles. The first-order chi connectivity index (χ1) is 7.54. The molecular formula is C9H15F3N2O3. The first-order valence-corrected chi connectivity index (χ1v) is 4.85. The second kappa shape index (κ2) is 5.74. The van der Waals surface area contributed by atoms with Crippen LogP contribution in [0.1, 0.15) is 13.8 Å². The van der Waals surface area contributed by atoms with Crippen molar-refractivity contribution in [1.29, 1.82) is 0 Å². The summed E-state index contributed by atoms with van der Waals surface area (Å²) in [5.41, 5.74) is 0. The van der Waals surface area contributed by atoms with Crippen molar-refractivity contribution in [2.75, 3.05) is 13.6 Å². The van der Waals surface area contributed by atoms with Crippen LogP contribution in [0.2, 0.25) is 0 Å². The van der Waals surface area contributed by atoms with Crippen molar-refractivity contribution < 1.29 is 27.9 Å². The van der Waals surface area contributed by atoms with Crippen LogP contribution in [0.4, 0.5) is 18.0 Å². The Labute approximate surface area is 96.6 Å². The molecule has 0 aliphatic carbocycles. The molecule has 0 saturated heterocycles. The number of hydrogen-bond acceptors (Lipinski definition) is 2. The van der Waals surface area contributed by atoms with Crippen LogP contribution < -0.4 is 5.32 Å². The maximum atomic E-state index is 12.0. The lowest BCUT2D eigenvalue weighted by molar-refractivity contribution is -0.140. The molecule has 0 spiro atoms. The number of carboxylic acid groups (broad SMARTS) is 1. The Kier molecular flexibility index (Phi) is 5.24. The molecule has 0 aromatic heterocycles. The zero-order valence-electron chi connectivity index (χ0n) is 9.71. The predicted octanol–water partition coefficient (Wildman–Crippen LogP) is 1.30. The number of halogens is 3. The molecule has 2 amide bonds. The summed E-state index contributed by atoms with van der Waals surface area (Å²) in [6.07, 6.45) is -4.51. The molecule has 8 heteroatoms. The smallest absolute Gasteiger partial charge is 0.406 e. The van der Waals surface area contributed by atoms with Crippen molar-refractivity contribution in [2.45, 2.75) is 26.1 Å². The van der Waals surface area contributed by atoms with Gasteiger partial charge in [-0.2, -0.15) is 13.2 Å². The number of urea groups is 1. The number of alkyl halides is 3. The van der Waals surface area contributed by atoms with Crippen LogP contribution in [-0.4, -0.2) is 47.8 Å². The average Bonchev–Trinajstić information content (AvgIpc) is 2.09. The molecule has 0 aliphatic rings. The van der Waals surface area contributed by atoms with Gasteiger partial charge in [0.2, 0.25) is 0 Å². The maximum Gasteiger partial charge on any atom is 0.406 e. The van der Waals surface area contributed by atoms with Crippen molar-refractivity contribution in [3.63, 3.8) is 0 Å². The standard InChI is InChI=1S/C9H15F3N2O3/c1-5(2)6(7(15)16)13-8(17)14(3)4-9(10,11)12/h5-6H,4H2,1-3H3,(H,13,17)(H,15,16)/t6-/m1/s1. The third-order valence-electron chi connectivity index (χ3n) is 1.97. The molecule has 0 fully saturated rings. The molecule has 0 radical (unpaired) electrons. The number of hydrogen-bond donors (Lipinski definition) is 2. The molecule has 0 aromatic rings. The van der Waals surface area contributed by atoms with Crippen LogP contribution in [0.5, 0.6) is 0 Å². The van der Waals surface area contributed by atoms with Crippen LogP contribution in [-0.2, 0) is 4.79 Å². The minimum atomic E-state index is -4.51. The van der Waals surface area contributed by atoms with E-state index in [-0.39, 0.29) is 0 Å². The second-order valence-electron chi connectivity index (χ2n) is 3.98. The summed E-state index contributed by atoms with van der Waals surface area (Å²) in [5.74, 6) is -1.70. The van der Waals surface area contributed by atoms with E-state index >= 15 is 0 Å². The first kappa shape index (κ1) is 15.5. The second-order valence-corrected chi connectivity index (χ2v) is 3.98. The quantitative estimate of drug-likeness (QED) is 0.796. The molecular weight excluding hydrogens is 241 g/mol. The van der Waals surface area contributed by atoms with E-state index in [9.17, 15) is 22.8 Å². The minimum absolute atomic E-state index is 0.387. The number of amides is 2. The third kappa shape index (κ3) is 5.98. The van der Waals surface area contributed by atoms with Gasteiger partial charge in [0, 0.05) is 7.05 Å². The lowest BCUT2D eigenvalue weighted by atomic mass is 10.1. The van der Waals surface area contributed by atoms with Crippen molar-refractivity contribution in [3.05, 3.63) is 0 Å². The molecule has 2 N–H and O–H groups in total. The number of aliphatic carboxylic acids is 1. The molecule has 0 unspecified atom stereocenters. The van der Waals surface area contributed by atoms with Gasteiger partial charge in [0.1, 0.15) is 12.6 Å². The molecule has 17 heavy (non-hydrogen) atoms. The Bertz CT molecular complexity index is 292. The van der Waals surface area contributed by atoms with Crippen molar-refractivity contribution in [3.8, 4) is 0 Å². The summed E-state index contributed by atoms with van der Waals surface area (Å²) >= 11 is 0. The Morgan fingerprint density at radius 2 is 1.82 bits per heavy atom. The fourth-order valence-corrected chi connectivity index (χ4v) is 1.10. The summed E-state index contributed by atoms with van der Waals surface area (Å²) in [4.78, 5) is 22.4. The molecule has 5 nitrogen and oxygen atoms in total. The van der Waals surface area contributed by atoms with Gasteiger partial charge in [-0.3, -0.25) is 0 Å². The Balaban J connectivity index is 4.47. The lowest BCUT2D eigenvalue weighted by Gasteiger charge is -2.23. The minimum Gasteiger partial charge on any atom is -0.480 e. The first-order valence-electron chi connectivity index (χ1n) is 4.85. The molecule has 0 rings (SSSR count). The molecule has 1 atom stereocenters. The van der Waals surface area contributed by atoms with E-state index < -0.39 is 36.7 Å². The summed E-state index contributed by atoms with van der Waals surface area (Å²) in [6, 6.07) is -2.28. The van der Waals surface area contributed by atoms with Gasteiger partial charge in [0.15, 0.2) is 0 Å². The normalized spacial score (nSPS) is 13.4. The van der Waals surface area contributed by atoms with E-state index in [1.54, 1.807) is 13.8 Å². The zero-order chi connectivity index (χ0) is 13.8. The van der Waals surface area contributed by atoms with Crippen LogP contribution in [0.25, 0.3) is 0 Å². The Hall–Kier alpha value is -1.47. The van der Waals surface area contributed by atoms with Crippen LogP contribution in [0, 0.1) is 5.92 Å². The van der Waals surface area contributed by atoms with Gasteiger partial charge in [0.25, 0.3) is 0 Å². The van der Waals surface area contributed by atoms with Crippen molar-refractivity contribution in [2.24, 2.45) is 5.92 Å².